The first-order valence-corrected chi connectivity index (χ1v) is 9.45. The summed E-state index contributed by atoms with van der Waals surface area (Å²) in [4.78, 5) is 29.7. The van der Waals surface area contributed by atoms with E-state index >= 15 is 0 Å². The molecule has 1 fully saturated rings. The zero-order valence-electron chi connectivity index (χ0n) is 15.6. The SMILES string of the molecule is C[NH+]1CCC[C@@H]1CCNC(=O)/C(=C/c1ccc[nH]1)NC(=O)c1ccccc1. The van der Waals surface area contributed by atoms with Gasteiger partial charge in [0.2, 0.25) is 0 Å². The molecule has 142 valence electrons. The Balaban J connectivity index is 1.64. The highest BCUT2D eigenvalue weighted by Crippen LogP contribution is 2.06. The number of likely N-dealkylation sites (tertiary alicyclic amines) is 1. The van der Waals surface area contributed by atoms with Crippen LogP contribution in [0.5, 0.6) is 0 Å². The van der Waals surface area contributed by atoms with E-state index in [1.165, 1.54) is 24.3 Å². The van der Waals surface area contributed by atoms with Crippen molar-refractivity contribution in [3.05, 3.63) is 65.6 Å². The molecule has 1 unspecified atom stereocenters. The monoisotopic (exact) mass is 367 g/mol. The van der Waals surface area contributed by atoms with Gasteiger partial charge in [-0.3, -0.25) is 9.59 Å². The van der Waals surface area contributed by atoms with E-state index in [0.29, 0.717) is 18.2 Å². The van der Waals surface area contributed by atoms with Crippen LogP contribution in [-0.2, 0) is 4.79 Å². The van der Waals surface area contributed by atoms with Crippen LogP contribution in [0.3, 0.4) is 0 Å². The van der Waals surface area contributed by atoms with E-state index in [1.807, 2.05) is 18.2 Å². The lowest BCUT2D eigenvalue weighted by Crippen LogP contribution is -3.10. The van der Waals surface area contributed by atoms with Gasteiger partial charge in [-0.1, -0.05) is 18.2 Å². The highest BCUT2D eigenvalue weighted by atomic mass is 16.2. The van der Waals surface area contributed by atoms with Crippen molar-refractivity contribution in [1.29, 1.82) is 0 Å². The van der Waals surface area contributed by atoms with Crippen molar-refractivity contribution in [2.45, 2.75) is 25.3 Å². The van der Waals surface area contributed by atoms with Crippen molar-refractivity contribution >= 4 is 17.9 Å². The molecule has 0 saturated carbocycles. The number of H-pyrrole nitrogens is 1. The van der Waals surface area contributed by atoms with Gasteiger partial charge in [-0.2, -0.15) is 0 Å². The topological polar surface area (TPSA) is 78.4 Å². The van der Waals surface area contributed by atoms with Gasteiger partial charge in [0, 0.05) is 43.3 Å². The van der Waals surface area contributed by atoms with E-state index in [9.17, 15) is 9.59 Å². The highest BCUT2D eigenvalue weighted by Gasteiger charge is 2.24. The fourth-order valence-electron chi connectivity index (χ4n) is 3.46. The van der Waals surface area contributed by atoms with E-state index < -0.39 is 0 Å². The Kier molecular flexibility index (Phi) is 6.44. The normalized spacial score (nSPS) is 19.7. The standard InChI is InChI=1S/C21H26N4O2/c1-25-14-6-10-18(25)11-13-23-21(27)19(15-17-9-5-12-22-17)24-20(26)16-7-3-2-4-8-16/h2-5,7-9,12,15,18,22H,6,10-11,13-14H2,1H3,(H,23,27)(H,24,26)/p+1/b19-15-/t18-/m1/s1. The molecule has 1 aliphatic heterocycles. The van der Waals surface area contributed by atoms with E-state index in [1.54, 1.807) is 36.5 Å². The summed E-state index contributed by atoms with van der Waals surface area (Å²) in [6.45, 7) is 1.80. The van der Waals surface area contributed by atoms with Gasteiger partial charge in [0.25, 0.3) is 11.8 Å². The van der Waals surface area contributed by atoms with Crippen LogP contribution in [-0.4, -0.2) is 43.0 Å². The third-order valence-corrected chi connectivity index (χ3v) is 5.05. The number of hydrogen-bond donors (Lipinski definition) is 4. The zero-order valence-corrected chi connectivity index (χ0v) is 15.6. The smallest absolute Gasteiger partial charge is 0.267 e. The molecule has 6 nitrogen and oxygen atoms in total. The van der Waals surface area contributed by atoms with Crippen LogP contribution in [0, 0.1) is 0 Å². The summed E-state index contributed by atoms with van der Waals surface area (Å²) < 4.78 is 0. The van der Waals surface area contributed by atoms with Crippen LogP contribution in [0.1, 0.15) is 35.3 Å². The first-order chi connectivity index (χ1) is 13.1. The number of nitrogens with one attached hydrogen (secondary N) is 4. The molecule has 2 amide bonds. The van der Waals surface area contributed by atoms with Gasteiger partial charge in [-0.15, -0.1) is 0 Å². The molecule has 0 aliphatic carbocycles. The Morgan fingerprint density at radius 1 is 1.22 bits per heavy atom. The highest BCUT2D eigenvalue weighted by molar-refractivity contribution is 6.05. The van der Waals surface area contributed by atoms with Gasteiger partial charge in [0.15, 0.2) is 0 Å². The molecule has 27 heavy (non-hydrogen) atoms. The Morgan fingerprint density at radius 3 is 2.70 bits per heavy atom. The van der Waals surface area contributed by atoms with Gasteiger partial charge in [0.1, 0.15) is 5.70 Å². The number of amides is 2. The van der Waals surface area contributed by atoms with E-state index in [0.717, 1.165) is 12.1 Å². The second-order valence-corrected chi connectivity index (χ2v) is 6.98. The van der Waals surface area contributed by atoms with Crippen LogP contribution in [0.15, 0.2) is 54.4 Å². The predicted octanol–water partition coefficient (Wildman–Crippen LogP) is 0.969. The van der Waals surface area contributed by atoms with Gasteiger partial charge in [-0.05, 0) is 30.3 Å². The average molecular weight is 367 g/mol. The molecule has 1 saturated heterocycles. The van der Waals surface area contributed by atoms with Crippen molar-refractivity contribution in [2.75, 3.05) is 20.1 Å². The third-order valence-electron chi connectivity index (χ3n) is 5.05. The number of aromatic nitrogens is 1. The van der Waals surface area contributed by atoms with Crippen molar-refractivity contribution in [2.24, 2.45) is 0 Å². The summed E-state index contributed by atoms with van der Waals surface area (Å²) in [7, 11) is 2.20. The van der Waals surface area contributed by atoms with Crippen LogP contribution in [0.4, 0.5) is 0 Å². The molecule has 1 aromatic heterocycles. The second-order valence-electron chi connectivity index (χ2n) is 6.98. The van der Waals surface area contributed by atoms with Gasteiger partial charge in [0.05, 0.1) is 19.6 Å². The Hall–Kier alpha value is -2.86. The second kappa shape index (κ2) is 9.19. The minimum atomic E-state index is -0.302. The molecule has 1 aromatic carbocycles. The van der Waals surface area contributed by atoms with Crippen molar-refractivity contribution in [1.82, 2.24) is 15.6 Å². The molecule has 0 spiro atoms. The summed E-state index contributed by atoms with van der Waals surface area (Å²) >= 11 is 0. The number of aromatic amines is 1. The lowest BCUT2D eigenvalue weighted by Gasteiger charge is -2.17. The van der Waals surface area contributed by atoms with Crippen molar-refractivity contribution in [3.63, 3.8) is 0 Å². The Labute approximate surface area is 159 Å². The van der Waals surface area contributed by atoms with E-state index in [-0.39, 0.29) is 17.5 Å². The fraction of sp³-hybridized carbons (Fsp3) is 0.333. The molecule has 0 bridgehead atoms. The molecule has 2 aromatic rings. The van der Waals surface area contributed by atoms with Crippen molar-refractivity contribution in [3.8, 4) is 0 Å². The van der Waals surface area contributed by atoms with Crippen LogP contribution in [0.2, 0.25) is 0 Å². The third kappa shape index (κ3) is 5.31. The lowest BCUT2D eigenvalue weighted by molar-refractivity contribution is -0.892. The van der Waals surface area contributed by atoms with Crippen LogP contribution >= 0.6 is 0 Å². The maximum atomic E-state index is 12.7. The molecular weight excluding hydrogens is 340 g/mol. The Morgan fingerprint density at radius 2 is 2.04 bits per heavy atom. The number of rotatable bonds is 7. The minimum absolute atomic E-state index is 0.235. The van der Waals surface area contributed by atoms with Crippen LogP contribution < -0.4 is 15.5 Å². The summed E-state index contributed by atoms with van der Waals surface area (Å²) in [5, 5.41) is 5.69. The maximum absolute atomic E-state index is 12.7. The van der Waals surface area contributed by atoms with E-state index in [2.05, 4.69) is 22.7 Å². The molecule has 2 heterocycles. The largest absolute Gasteiger partial charge is 0.362 e. The number of benzene rings is 1. The number of carbonyl (C=O) groups is 2. The molecule has 2 atom stereocenters. The summed E-state index contributed by atoms with van der Waals surface area (Å²) in [5.41, 5.74) is 1.51. The van der Waals surface area contributed by atoms with Gasteiger partial charge < -0.3 is 20.5 Å². The minimum Gasteiger partial charge on any atom is -0.362 e. The molecular formula is C21H27N4O2+. The molecule has 0 radical (unpaired) electrons. The fourth-order valence-corrected chi connectivity index (χ4v) is 3.46. The molecule has 1 aliphatic rings. The van der Waals surface area contributed by atoms with Crippen LogP contribution in [0.25, 0.3) is 6.08 Å². The maximum Gasteiger partial charge on any atom is 0.267 e. The molecule has 3 rings (SSSR count). The average Bonchev–Trinajstić information content (AvgIpc) is 3.34. The number of hydrogen-bond acceptors (Lipinski definition) is 2. The van der Waals surface area contributed by atoms with E-state index in [4.69, 9.17) is 0 Å². The first-order valence-electron chi connectivity index (χ1n) is 9.45. The lowest BCUT2D eigenvalue weighted by atomic mass is 10.1. The zero-order chi connectivity index (χ0) is 19.1. The molecule has 6 heteroatoms. The summed E-state index contributed by atoms with van der Waals surface area (Å²) in [6.07, 6.45) is 6.83. The first kappa shape index (κ1) is 18.9. The number of quaternary nitrogens is 1. The molecule has 4 N–H and O–H groups in total. The quantitative estimate of drug-likeness (QED) is 0.550. The van der Waals surface area contributed by atoms with Gasteiger partial charge in [-0.25, -0.2) is 0 Å². The Bertz CT molecular complexity index is 784. The van der Waals surface area contributed by atoms with Gasteiger partial charge >= 0.3 is 0 Å². The summed E-state index contributed by atoms with van der Waals surface area (Å²) in [5.74, 6) is -0.576. The summed E-state index contributed by atoms with van der Waals surface area (Å²) in [6, 6.07) is 13.2. The van der Waals surface area contributed by atoms with Crippen molar-refractivity contribution < 1.29 is 14.5 Å². The number of carbonyl (C=O) groups excluding carboxylic acids is 2. The predicted molar refractivity (Wildman–Crippen MR) is 105 cm³/mol.